The highest BCUT2D eigenvalue weighted by Crippen LogP contribution is 2.34. The minimum atomic E-state index is -1.06. The first-order chi connectivity index (χ1) is 12.9. The average Bonchev–Trinajstić information content (AvgIpc) is 2.89. The smallest absolute Gasteiger partial charge is 0.335 e. The Kier molecular flexibility index (Phi) is 5.27. The summed E-state index contributed by atoms with van der Waals surface area (Å²) in [6, 6.07) is 12.7. The summed E-state index contributed by atoms with van der Waals surface area (Å²) >= 11 is 0.829. The minimum absolute atomic E-state index is 0.106. The summed E-state index contributed by atoms with van der Waals surface area (Å²) in [7, 11) is 0. The molecule has 0 spiro atoms. The number of thioether (sulfide) groups is 1. The fourth-order valence-corrected chi connectivity index (χ4v) is 3.67. The van der Waals surface area contributed by atoms with Crippen LogP contribution < -0.4 is 10.2 Å². The topological polar surface area (TPSA) is 104 Å². The molecule has 3 amide bonds. The van der Waals surface area contributed by atoms with Crippen LogP contribution in [0.5, 0.6) is 0 Å². The van der Waals surface area contributed by atoms with Crippen molar-refractivity contribution >= 4 is 46.2 Å². The third-order valence-electron chi connectivity index (χ3n) is 4.06. The quantitative estimate of drug-likeness (QED) is 0.820. The van der Waals surface area contributed by atoms with Gasteiger partial charge in [-0.05, 0) is 54.6 Å². The molecule has 8 heteroatoms. The molecular formula is C19H16N2O5S. The molecule has 0 bridgehead atoms. The van der Waals surface area contributed by atoms with Crippen LogP contribution in [0.2, 0.25) is 0 Å². The number of carbonyl (C=O) groups excluding carboxylic acids is 3. The Morgan fingerprint density at radius 2 is 1.78 bits per heavy atom. The van der Waals surface area contributed by atoms with Crippen molar-refractivity contribution in [3.63, 3.8) is 0 Å². The van der Waals surface area contributed by atoms with Crippen molar-refractivity contribution in [3.8, 4) is 0 Å². The summed E-state index contributed by atoms with van der Waals surface area (Å²) < 4.78 is 0. The summed E-state index contributed by atoms with van der Waals surface area (Å²) in [6.45, 7) is 1.81. The van der Waals surface area contributed by atoms with Crippen molar-refractivity contribution in [1.82, 2.24) is 0 Å². The number of anilines is 2. The standard InChI is InChI=1S/C19H16N2O5S/c1-11-4-2-3-5-14(11)21-17(23)15(27-19(21)26)10-16(22)20-13-8-6-12(7-9-13)18(24)25/h2-9,15H,10H2,1H3,(H,20,22)(H,24,25). The van der Waals surface area contributed by atoms with Gasteiger partial charge in [-0.2, -0.15) is 0 Å². The van der Waals surface area contributed by atoms with E-state index in [1.165, 1.54) is 24.3 Å². The average molecular weight is 384 g/mol. The van der Waals surface area contributed by atoms with Crippen molar-refractivity contribution < 1.29 is 24.3 Å². The monoisotopic (exact) mass is 384 g/mol. The van der Waals surface area contributed by atoms with Gasteiger partial charge in [-0.25, -0.2) is 9.69 Å². The van der Waals surface area contributed by atoms with Gasteiger partial charge >= 0.3 is 5.97 Å². The number of carboxylic acid groups (broad SMARTS) is 1. The number of hydrogen-bond donors (Lipinski definition) is 2. The lowest BCUT2D eigenvalue weighted by molar-refractivity contribution is -0.121. The number of carboxylic acids is 1. The SMILES string of the molecule is Cc1ccccc1N1C(=O)SC(CC(=O)Nc2ccc(C(=O)O)cc2)C1=O. The Morgan fingerprint density at radius 1 is 1.11 bits per heavy atom. The van der Waals surface area contributed by atoms with E-state index in [4.69, 9.17) is 5.11 Å². The minimum Gasteiger partial charge on any atom is -0.478 e. The Balaban J connectivity index is 1.66. The third-order valence-corrected chi connectivity index (χ3v) is 5.10. The predicted molar refractivity (Wildman–Crippen MR) is 102 cm³/mol. The Bertz CT molecular complexity index is 926. The Morgan fingerprint density at radius 3 is 2.41 bits per heavy atom. The molecule has 2 aromatic carbocycles. The number of aryl methyl sites for hydroxylation is 1. The van der Waals surface area contributed by atoms with Gasteiger partial charge in [-0.1, -0.05) is 18.2 Å². The van der Waals surface area contributed by atoms with Crippen LogP contribution in [-0.4, -0.2) is 33.4 Å². The van der Waals surface area contributed by atoms with Gasteiger partial charge in [0, 0.05) is 12.1 Å². The maximum Gasteiger partial charge on any atom is 0.335 e. The zero-order valence-electron chi connectivity index (χ0n) is 14.3. The van der Waals surface area contributed by atoms with Crippen molar-refractivity contribution in [2.75, 3.05) is 10.2 Å². The van der Waals surface area contributed by atoms with Gasteiger partial charge in [0.2, 0.25) is 11.8 Å². The highest BCUT2D eigenvalue weighted by molar-refractivity contribution is 8.15. The van der Waals surface area contributed by atoms with E-state index in [0.29, 0.717) is 11.4 Å². The van der Waals surface area contributed by atoms with E-state index in [-0.39, 0.29) is 12.0 Å². The highest BCUT2D eigenvalue weighted by atomic mass is 32.2. The molecule has 0 saturated carbocycles. The van der Waals surface area contributed by atoms with Crippen LogP contribution in [0.25, 0.3) is 0 Å². The van der Waals surface area contributed by atoms with E-state index in [0.717, 1.165) is 22.2 Å². The molecule has 1 aliphatic heterocycles. The second kappa shape index (κ2) is 7.63. The summed E-state index contributed by atoms with van der Waals surface area (Å²) in [5.41, 5.74) is 1.84. The number of nitrogens with zero attached hydrogens (tertiary/aromatic N) is 1. The molecular weight excluding hydrogens is 368 g/mol. The molecule has 2 N–H and O–H groups in total. The molecule has 1 saturated heterocycles. The molecule has 1 fully saturated rings. The second-order valence-corrected chi connectivity index (χ2v) is 7.12. The Labute approximate surface area is 159 Å². The molecule has 27 heavy (non-hydrogen) atoms. The first-order valence-corrected chi connectivity index (χ1v) is 8.98. The molecule has 0 radical (unpaired) electrons. The summed E-state index contributed by atoms with van der Waals surface area (Å²) in [4.78, 5) is 49.1. The molecule has 1 heterocycles. The first kappa shape index (κ1) is 18.7. The van der Waals surface area contributed by atoms with Crippen LogP contribution in [0.15, 0.2) is 48.5 Å². The van der Waals surface area contributed by atoms with Crippen molar-refractivity contribution in [1.29, 1.82) is 0 Å². The van der Waals surface area contributed by atoms with Crippen LogP contribution in [0.4, 0.5) is 16.2 Å². The van der Waals surface area contributed by atoms with Gasteiger partial charge < -0.3 is 10.4 Å². The number of benzene rings is 2. The van der Waals surface area contributed by atoms with E-state index in [9.17, 15) is 19.2 Å². The third kappa shape index (κ3) is 4.01. The molecule has 2 aromatic rings. The lowest BCUT2D eigenvalue weighted by Gasteiger charge is -2.16. The van der Waals surface area contributed by atoms with Crippen LogP contribution in [0.1, 0.15) is 22.3 Å². The maximum atomic E-state index is 12.6. The van der Waals surface area contributed by atoms with Crippen LogP contribution in [0.3, 0.4) is 0 Å². The van der Waals surface area contributed by atoms with Gasteiger partial charge in [-0.15, -0.1) is 0 Å². The first-order valence-electron chi connectivity index (χ1n) is 8.10. The summed E-state index contributed by atoms with van der Waals surface area (Å²) in [5.74, 6) is -1.91. The number of hydrogen-bond acceptors (Lipinski definition) is 5. The molecule has 0 aromatic heterocycles. The predicted octanol–water partition coefficient (Wildman–Crippen LogP) is 3.29. The number of nitrogens with one attached hydrogen (secondary N) is 1. The van der Waals surface area contributed by atoms with Crippen molar-refractivity contribution in [3.05, 3.63) is 59.7 Å². The summed E-state index contributed by atoms with van der Waals surface area (Å²) in [6.07, 6.45) is -0.154. The van der Waals surface area contributed by atoms with E-state index in [1.807, 2.05) is 6.07 Å². The van der Waals surface area contributed by atoms with Gasteiger partial charge in [0.05, 0.1) is 11.3 Å². The number of imide groups is 1. The molecule has 1 atom stereocenters. The zero-order valence-corrected chi connectivity index (χ0v) is 15.2. The van der Waals surface area contributed by atoms with Gasteiger partial charge in [0.1, 0.15) is 5.25 Å². The molecule has 1 aliphatic rings. The van der Waals surface area contributed by atoms with Gasteiger partial charge in [0.25, 0.3) is 5.24 Å². The van der Waals surface area contributed by atoms with Gasteiger partial charge in [0.15, 0.2) is 0 Å². The molecule has 3 rings (SSSR count). The number of amides is 3. The van der Waals surface area contributed by atoms with Gasteiger partial charge in [-0.3, -0.25) is 14.4 Å². The van der Waals surface area contributed by atoms with E-state index < -0.39 is 28.3 Å². The highest BCUT2D eigenvalue weighted by Gasteiger charge is 2.41. The number of para-hydroxylation sites is 1. The normalized spacial score (nSPS) is 16.5. The van der Waals surface area contributed by atoms with Crippen LogP contribution in [0, 0.1) is 6.92 Å². The van der Waals surface area contributed by atoms with Crippen LogP contribution >= 0.6 is 11.8 Å². The lowest BCUT2D eigenvalue weighted by atomic mass is 10.1. The largest absolute Gasteiger partial charge is 0.478 e. The zero-order chi connectivity index (χ0) is 19.6. The van der Waals surface area contributed by atoms with E-state index >= 15 is 0 Å². The maximum absolute atomic E-state index is 12.6. The van der Waals surface area contributed by atoms with E-state index in [1.54, 1.807) is 25.1 Å². The fraction of sp³-hybridized carbons (Fsp3) is 0.158. The number of carbonyl (C=O) groups is 4. The molecule has 1 unspecified atom stereocenters. The van der Waals surface area contributed by atoms with Crippen LogP contribution in [-0.2, 0) is 9.59 Å². The van der Waals surface area contributed by atoms with E-state index in [2.05, 4.69) is 5.32 Å². The molecule has 7 nitrogen and oxygen atoms in total. The van der Waals surface area contributed by atoms with Crippen molar-refractivity contribution in [2.24, 2.45) is 0 Å². The number of rotatable bonds is 5. The molecule has 0 aliphatic carbocycles. The number of aromatic carboxylic acids is 1. The van der Waals surface area contributed by atoms with Crippen molar-refractivity contribution in [2.45, 2.75) is 18.6 Å². The Hall–Kier alpha value is -3.13. The fourth-order valence-electron chi connectivity index (χ4n) is 2.70. The summed E-state index contributed by atoms with van der Waals surface area (Å²) in [5, 5.41) is 10.3. The lowest BCUT2D eigenvalue weighted by Crippen LogP contribution is -2.33. The second-order valence-electron chi connectivity index (χ2n) is 5.97. The molecule has 138 valence electrons.